The normalized spacial score (nSPS) is 10.0. The average Bonchev–Trinajstić information content (AvgIpc) is 2.56. The minimum absolute atomic E-state index is 0.166. The molecule has 60 valence electrons. The molecule has 0 radical (unpaired) electrons. The average molecular weight is 162 g/mol. The van der Waals surface area contributed by atoms with Crippen LogP contribution in [0.25, 0.3) is 11.3 Å². The summed E-state index contributed by atoms with van der Waals surface area (Å²) < 4.78 is 4.86. The summed E-state index contributed by atoms with van der Waals surface area (Å²) in [5.74, 6) is 0. The highest BCUT2D eigenvalue weighted by atomic mass is 16.3. The Morgan fingerprint density at radius 3 is 3.08 bits per heavy atom. The van der Waals surface area contributed by atoms with Crippen LogP contribution in [0.5, 0.6) is 0 Å². The highest BCUT2D eigenvalue weighted by Crippen LogP contribution is 2.13. The molecule has 4 nitrogen and oxygen atoms in total. The number of hydrogen-bond donors (Lipinski definition) is 1. The molecule has 0 aliphatic rings. The predicted octanol–water partition coefficient (Wildman–Crippen LogP) is 1.03. The van der Waals surface area contributed by atoms with Crippen molar-refractivity contribution in [1.82, 2.24) is 9.97 Å². The lowest BCUT2D eigenvalue weighted by Gasteiger charge is -1.91. The number of H-pyrrole nitrogens is 1. The van der Waals surface area contributed by atoms with E-state index in [9.17, 15) is 4.79 Å². The van der Waals surface area contributed by atoms with Gasteiger partial charge in [-0.2, -0.15) is 0 Å². The molecule has 0 atom stereocenters. The van der Waals surface area contributed by atoms with Gasteiger partial charge in [-0.05, 0) is 6.07 Å². The topological polar surface area (TPSA) is 58.9 Å². The van der Waals surface area contributed by atoms with Gasteiger partial charge in [-0.1, -0.05) is 0 Å². The molecule has 0 spiro atoms. The van der Waals surface area contributed by atoms with Crippen molar-refractivity contribution < 1.29 is 4.42 Å². The molecule has 1 N–H and O–H groups in total. The highest BCUT2D eigenvalue weighted by Gasteiger charge is 1.99. The fourth-order valence-electron chi connectivity index (χ4n) is 0.937. The van der Waals surface area contributed by atoms with Gasteiger partial charge in [0.05, 0.1) is 24.5 Å². The van der Waals surface area contributed by atoms with Gasteiger partial charge in [0.25, 0.3) is 5.56 Å². The van der Waals surface area contributed by atoms with Crippen LogP contribution >= 0.6 is 0 Å². The van der Waals surface area contributed by atoms with Gasteiger partial charge in [0.15, 0.2) is 0 Å². The maximum Gasteiger partial charge on any atom is 0.251 e. The molecule has 0 bridgehead atoms. The minimum atomic E-state index is -0.166. The van der Waals surface area contributed by atoms with Gasteiger partial charge in [-0.25, -0.2) is 4.98 Å². The van der Waals surface area contributed by atoms with Crippen molar-refractivity contribution >= 4 is 0 Å². The summed E-state index contributed by atoms with van der Waals surface area (Å²) in [7, 11) is 0. The van der Waals surface area contributed by atoms with E-state index in [4.69, 9.17) is 4.42 Å². The van der Waals surface area contributed by atoms with Crippen molar-refractivity contribution in [3.05, 3.63) is 41.3 Å². The van der Waals surface area contributed by atoms with E-state index in [0.29, 0.717) is 5.69 Å². The van der Waals surface area contributed by atoms with Crippen molar-refractivity contribution in [2.24, 2.45) is 0 Å². The Hall–Kier alpha value is -1.84. The van der Waals surface area contributed by atoms with Crippen LogP contribution in [-0.2, 0) is 0 Å². The Morgan fingerprint density at radius 2 is 2.42 bits per heavy atom. The van der Waals surface area contributed by atoms with Crippen LogP contribution < -0.4 is 5.56 Å². The molecule has 0 saturated carbocycles. The van der Waals surface area contributed by atoms with E-state index in [2.05, 4.69) is 9.97 Å². The smallest absolute Gasteiger partial charge is 0.251 e. The molecular weight excluding hydrogens is 156 g/mol. The summed E-state index contributed by atoms with van der Waals surface area (Å²) in [6, 6.07) is 3.17. The molecule has 2 aromatic rings. The number of rotatable bonds is 1. The standard InChI is InChI=1S/C8H6N2O2/c11-8-3-7(9-5-10-8)6-1-2-12-4-6/h1-5H,(H,9,10,11). The first-order valence-corrected chi connectivity index (χ1v) is 3.43. The third kappa shape index (κ3) is 1.14. The van der Waals surface area contributed by atoms with Gasteiger partial charge in [-0.15, -0.1) is 0 Å². The molecule has 12 heavy (non-hydrogen) atoms. The van der Waals surface area contributed by atoms with Gasteiger partial charge >= 0.3 is 0 Å². The Balaban J connectivity index is 2.55. The lowest BCUT2D eigenvalue weighted by atomic mass is 10.2. The summed E-state index contributed by atoms with van der Waals surface area (Å²) >= 11 is 0. The molecular formula is C8H6N2O2. The molecule has 2 aromatic heterocycles. The first-order chi connectivity index (χ1) is 5.86. The number of nitrogens with zero attached hydrogens (tertiary/aromatic N) is 1. The van der Waals surface area contributed by atoms with E-state index in [0.717, 1.165) is 5.56 Å². The Kier molecular flexibility index (Phi) is 1.51. The van der Waals surface area contributed by atoms with Crippen molar-refractivity contribution in [3.63, 3.8) is 0 Å². The predicted molar refractivity (Wildman–Crippen MR) is 42.6 cm³/mol. The number of hydrogen-bond acceptors (Lipinski definition) is 3. The van der Waals surface area contributed by atoms with Crippen LogP contribution in [0.4, 0.5) is 0 Å². The first-order valence-electron chi connectivity index (χ1n) is 3.43. The maximum atomic E-state index is 10.9. The molecule has 0 unspecified atom stereocenters. The van der Waals surface area contributed by atoms with Gasteiger partial charge in [-0.3, -0.25) is 4.79 Å². The zero-order chi connectivity index (χ0) is 8.39. The van der Waals surface area contributed by atoms with Crippen molar-refractivity contribution in [2.75, 3.05) is 0 Å². The SMILES string of the molecule is O=c1cc(-c2ccoc2)nc[nH]1. The number of aromatic nitrogens is 2. The van der Waals surface area contributed by atoms with Gasteiger partial charge in [0.1, 0.15) is 0 Å². The molecule has 0 aromatic carbocycles. The summed E-state index contributed by atoms with van der Waals surface area (Å²) in [4.78, 5) is 17.3. The van der Waals surface area contributed by atoms with E-state index in [1.54, 1.807) is 12.3 Å². The summed E-state index contributed by atoms with van der Waals surface area (Å²) in [6.45, 7) is 0. The Labute approximate surface area is 67.9 Å². The molecule has 0 saturated heterocycles. The fraction of sp³-hybridized carbons (Fsp3) is 0. The zero-order valence-electron chi connectivity index (χ0n) is 6.15. The Bertz CT molecular complexity index is 417. The lowest BCUT2D eigenvalue weighted by Crippen LogP contribution is -2.03. The summed E-state index contributed by atoms with van der Waals surface area (Å²) in [5, 5.41) is 0. The van der Waals surface area contributed by atoms with Crippen molar-refractivity contribution in [1.29, 1.82) is 0 Å². The van der Waals surface area contributed by atoms with Crippen molar-refractivity contribution in [3.8, 4) is 11.3 Å². The van der Waals surface area contributed by atoms with E-state index in [-0.39, 0.29) is 5.56 Å². The lowest BCUT2D eigenvalue weighted by molar-refractivity contribution is 0.568. The number of furan rings is 1. The first kappa shape index (κ1) is 6.84. The molecule has 2 rings (SSSR count). The summed E-state index contributed by atoms with van der Waals surface area (Å²) in [5.41, 5.74) is 1.26. The third-order valence-corrected chi connectivity index (χ3v) is 1.50. The van der Waals surface area contributed by atoms with Crippen LogP contribution in [0, 0.1) is 0 Å². The van der Waals surface area contributed by atoms with Crippen LogP contribution in [0.2, 0.25) is 0 Å². The zero-order valence-corrected chi connectivity index (χ0v) is 6.15. The van der Waals surface area contributed by atoms with Gasteiger partial charge in [0, 0.05) is 11.6 Å². The highest BCUT2D eigenvalue weighted by molar-refractivity contribution is 5.55. The van der Waals surface area contributed by atoms with Crippen LogP contribution in [0.15, 0.2) is 40.2 Å². The van der Waals surface area contributed by atoms with Gasteiger partial charge < -0.3 is 9.40 Å². The molecule has 0 aliphatic heterocycles. The second kappa shape index (κ2) is 2.65. The van der Waals surface area contributed by atoms with E-state index < -0.39 is 0 Å². The van der Waals surface area contributed by atoms with E-state index >= 15 is 0 Å². The molecule has 0 fully saturated rings. The fourth-order valence-corrected chi connectivity index (χ4v) is 0.937. The maximum absolute atomic E-state index is 10.9. The quantitative estimate of drug-likeness (QED) is 0.681. The van der Waals surface area contributed by atoms with Crippen LogP contribution in [0.3, 0.4) is 0 Å². The Morgan fingerprint density at radius 1 is 1.50 bits per heavy atom. The van der Waals surface area contributed by atoms with Gasteiger partial charge in [0.2, 0.25) is 0 Å². The van der Waals surface area contributed by atoms with Crippen LogP contribution in [0.1, 0.15) is 0 Å². The van der Waals surface area contributed by atoms with Crippen molar-refractivity contribution in [2.45, 2.75) is 0 Å². The molecule has 0 amide bonds. The monoisotopic (exact) mass is 162 g/mol. The largest absolute Gasteiger partial charge is 0.472 e. The van der Waals surface area contributed by atoms with E-state index in [1.165, 1.54) is 18.7 Å². The van der Waals surface area contributed by atoms with E-state index in [1.807, 2.05) is 0 Å². The molecule has 0 aliphatic carbocycles. The number of aromatic amines is 1. The molecule has 4 heteroatoms. The second-order valence-corrected chi connectivity index (χ2v) is 2.31. The summed E-state index contributed by atoms with van der Waals surface area (Å²) in [6.07, 6.45) is 4.45. The number of nitrogens with one attached hydrogen (secondary N) is 1. The molecule has 2 heterocycles. The van der Waals surface area contributed by atoms with Crippen LogP contribution in [-0.4, -0.2) is 9.97 Å². The second-order valence-electron chi connectivity index (χ2n) is 2.31. The third-order valence-electron chi connectivity index (χ3n) is 1.50. The minimum Gasteiger partial charge on any atom is -0.472 e.